The van der Waals surface area contributed by atoms with Crippen LogP contribution in [0.3, 0.4) is 0 Å². The third kappa shape index (κ3) is 4.70. The van der Waals surface area contributed by atoms with E-state index in [-0.39, 0.29) is 5.91 Å². The van der Waals surface area contributed by atoms with Crippen LogP contribution in [-0.2, 0) is 6.54 Å². The number of hydrogen-bond acceptors (Lipinski definition) is 3. The van der Waals surface area contributed by atoms with Crippen molar-refractivity contribution in [3.05, 3.63) is 88.7 Å². The summed E-state index contributed by atoms with van der Waals surface area (Å²) in [6.45, 7) is 6.73. The van der Waals surface area contributed by atoms with Gasteiger partial charge in [-0.15, -0.1) is 0 Å². The third-order valence-electron chi connectivity index (χ3n) is 4.39. The van der Waals surface area contributed by atoms with Gasteiger partial charge in [0.25, 0.3) is 5.91 Å². The van der Waals surface area contributed by atoms with Crippen LogP contribution in [0.25, 0.3) is 0 Å². The number of aryl methyl sites for hydroxylation is 2. The topological polar surface area (TPSA) is 59.3 Å². The molecule has 1 aromatic heterocycles. The number of amides is 1. The highest BCUT2D eigenvalue weighted by molar-refractivity contribution is 6.02. The molecule has 0 aliphatic carbocycles. The van der Waals surface area contributed by atoms with E-state index >= 15 is 0 Å². The molecule has 0 bridgehead atoms. The third-order valence-corrected chi connectivity index (χ3v) is 4.39. The van der Waals surface area contributed by atoms with Crippen molar-refractivity contribution < 1.29 is 4.79 Å². The van der Waals surface area contributed by atoms with Gasteiger partial charge in [-0.3, -0.25) is 9.48 Å². The first kappa shape index (κ1) is 18.6. The van der Waals surface area contributed by atoms with Gasteiger partial charge in [-0.05, 0) is 49.6 Å². The minimum absolute atomic E-state index is 0.213. The number of nitrogens with one attached hydrogen (secondary N) is 1. The number of hydrazone groups is 1. The van der Waals surface area contributed by atoms with Crippen LogP contribution in [0.15, 0.2) is 65.8 Å². The van der Waals surface area contributed by atoms with Crippen molar-refractivity contribution in [2.75, 3.05) is 0 Å². The number of carbonyl (C=O) groups excluding carboxylic acids is 1. The molecule has 138 valence electrons. The van der Waals surface area contributed by atoms with E-state index in [1.165, 1.54) is 0 Å². The fraction of sp³-hybridized carbons (Fsp3) is 0.227. The molecule has 5 heteroatoms. The van der Waals surface area contributed by atoms with E-state index in [4.69, 9.17) is 0 Å². The van der Waals surface area contributed by atoms with Crippen LogP contribution >= 0.6 is 0 Å². The molecule has 0 atom stereocenters. The normalized spacial score (nSPS) is 11.4. The lowest BCUT2D eigenvalue weighted by atomic mass is 10.1. The molecule has 0 saturated heterocycles. The number of aromatic nitrogens is 2. The molecular weight excluding hydrogens is 336 g/mol. The van der Waals surface area contributed by atoms with E-state index in [1.807, 2.05) is 80.1 Å². The number of carbonyl (C=O) groups is 1. The molecule has 2 aromatic carbocycles. The van der Waals surface area contributed by atoms with Crippen LogP contribution in [0.1, 0.15) is 46.2 Å². The smallest absolute Gasteiger partial charge is 0.267 e. The lowest BCUT2D eigenvalue weighted by Gasteiger charge is -2.07. The molecule has 0 aliphatic rings. The Labute approximate surface area is 159 Å². The summed E-state index contributed by atoms with van der Waals surface area (Å²) in [5.74, 6) is -0.213. The van der Waals surface area contributed by atoms with Crippen LogP contribution in [0, 0.1) is 13.8 Å². The highest BCUT2D eigenvalue weighted by atomic mass is 16.2. The standard InChI is InChI=1S/C22H24N4O/c1-4-21(19-8-6-5-7-9-19)23-24-22(27)20-12-10-18(11-13-20)15-26-17(3)14-16(2)25-26/h5-14H,4,15H2,1-3H3,(H,24,27)/b23-21-. The Kier molecular flexibility index (Phi) is 5.81. The summed E-state index contributed by atoms with van der Waals surface area (Å²) < 4.78 is 1.96. The van der Waals surface area contributed by atoms with E-state index < -0.39 is 0 Å². The van der Waals surface area contributed by atoms with Crippen molar-refractivity contribution in [3.63, 3.8) is 0 Å². The zero-order chi connectivity index (χ0) is 19.2. The highest BCUT2D eigenvalue weighted by Gasteiger charge is 2.07. The molecule has 5 nitrogen and oxygen atoms in total. The molecule has 0 spiro atoms. The van der Waals surface area contributed by atoms with Crippen LogP contribution in [0.2, 0.25) is 0 Å². The quantitative estimate of drug-likeness (QED) is 0.532. The monoisotopic (exact) mass is 360 g/mol. The van der Waals surface area contributed by atoms with Gasteiger partial charge in [-0.1, -0.05) is 49.4 Å². The molecule has 0 aliphatic heterocycles. The first-order valence-corrected chi connectivity index (χ1v) is 9.09. The Bertz CT molecular complexity index is 940. The first-order chi connectivity index (χ1) is 13.1. The summed E-state index contributed by atoms with van der Waals surface area (Å²) in [5, 5.41) is 8.77. The minimum Gasteiger partial charge on any atom is -0.267 e. The Morgan fingerprint density at radius 3 is 2.33 bits per heavy atom. The van der Waals surface area contributed by atoms with E-state index in [9.17, 15) is 4.79 Å². The predicted octanol–water partition coefficient (Wildman–Crippen LogP) is 4.09. The van der Waals surface area contributed by atoms with Crippen molar-refractivity contribution in [2.24, 2.45) is 5.10 Å². The number of rotatable bonds is 6. The fourth-order valence-electron chi connectivity index (χ4n) is 2.93. The summed E-state index contributed by atoms with van der Waals surface area (Å²) in [7, 11) is 0. The second kappa shape index (κ2) is 8.45. The molecule has 1 amide bonds. The summed E-state index contributed by atoms with van der Waals surface area (Å²) in [6.07, 6.45) is 0.742. The SMILES string of the molecule is CC/C(=N/NC(=O)c1ccc(Cn2nc(C)cc2C)cc1)c1ccccc1. The lowest BCUT2D eigenvalue weighted by Crippen LogP contribution is -2.20. The number of benzene rings is 2. The zero-order valence-electron chi connectivity index (χ0n) is 15.9. The lowest BCUT2D eigenvalue weighted by molar-refractivity contribution is 0.0955. The van der Waals surface area contributed by atoms with Crippen molar-refractivity contribution >= 4 is 11.6 Å². The Morgan fingerprint density at radius 1 is 1.04 bits per heavy atom. The first-order valence-electron chi connectivity index (χ1n) is 9.09. The Hall–Kier alpha value is -3.21. The van der Waals surface area contributed by atoms with Crippen LogP contribution in [-0.4, -0.2) is 21.4 Å². The maximum Gasteiger partial charge on any atom is 0.271 e. The highest BCUT2D eigenvalue weighted by Crippen LogP contribution is 2.10. The molecular formula is C22H24N4O. The van der Waals surface area contributed by atoms with Gasteiger partial charge in [0.15, 0.2) is 0 Å². The second-order valence-corrected chi connectivity index (χ2v) is 6.50. The van der Waals surface area contributed by atoms with Crippen molar-refractivity contribution in [3.8, 4) is 0 Å². The summed E-state index contributed by atoms with van der Waals surface area (Å²) in [4.78, 5) is 12.4. The summed E-state index contributed by atoms with van der Waals surface area (Å²) >= 11 is 0. The molecule has 0 fully saturated rings. The summed E-state index contributed by atoms with van der Waals surface area (Å²) in [5.41, 5.74) is 8.34. The van der Waals surface area contributed by atoms with Gasteiger partial charge >= 0.3 is 0 Å². The average Bonchev–Trinajstić information content (AvgIpc) is 3.00. The predicted molar refractivity (Wildman–Crippen MR) is 108 cm³/mol. The largest absolute Gasteiger partial charge is 0.271 e. The molecule has 0 saturated carbocycles. The van der Waals surface area contributed by atoms with E-state index in [0.717, 1.165) is 34.6 Å². The van der Waals surface area contributed by atoms with Gasteiger partial charge in [0.05, 0.1) is 18.0 Å². The van der Waals surface area contributed by atoms with Crippen molar-refractivity contribution in [1.29, 1.82) is 0 Å². The molecule has 0 radical (unpaired) electrons. The van der Waals surface area contributed by atoms with E-state index in [2.05, 4.69) is 21.7 Å². The van der Waals surface area contributed by atoms with Gasteiger partial charge in [0, 0.05) is 11.3 Å². The van der Waals surface area contributed by atoms with Crippen LogP contribution < -0.4 is 5.43 Å². The molecule has 0 unspecified atom stereocenters. The van der Waals surface area contributed by atoms with Gasteiger partial charge in [0.2, 0.25) is 0 Å². The number of nitrogens with zero attached hydrogens (tertiary/aromatic N) is 3. The van der Waals surface area contributed by atoms with Crippen molar-refractivity contribution in [1.82, 2.24) is 15.2 Å². The number of hydrogen-bond donors (Lipinski definition) is 1. The van der Waals surface area contributed by atoms with E-state index in [1.54, 1.807) is 0 Å². The maximum atomic E-state index is 12.4. The zero-order valence-corrected chi connectivity index (χ0v) is 15.9. The molecule has 3 rings (SSSR count). The van der Waals surface area contributed by atoms with Gasteiger partial charge in [-0.2, -0.15) is 10.2 Å². The van der Waals surface area contributed by atoms with Crippen LogP contribution in [0.5, 0.6) is 0 Å². The van der Waals surface area contributed by atoms with Crippen molar-refractivity contribution in [2.45, 2.75) is 33.7 Å². The van der Waals surface area contributed by atoms with E-state index in [0.29, 0.717) is 12.1 Å². The fourth-order valence-corrected chi connectivity index (χ4v) is 2.93. The minimum atomic E-state index is -0.213. The second-order valence-electron chi connectivity index (χ2n) is 6.50. The Morgan fingerprint density at radius 2 is 1.74 bits per heavy atom. The molecule has 1 N–H and O–H groups in total. The maximum absolute atomic E-state index is 12.4. The van der Waals surface area contributed by atoms with Gasteiger partial charge in [-0.25, -0.2) is 5.43 Å². The van der Waals surface area contributed by atoms with Gasteiger partial charge < -0.3 is 0 Å². The Balaban J connectivity index is 1.67. The molecule has 1 heterocycles. The van der Waals surface area contributed by atoms with Crippen LogP contribution in [0.4, 0.5) is 0 Å². The molecule has 27 heavy (non-hydrogen) atoms. The summed E-state index contributed by atoms with van der Waals surface area (Å²) in [6, 6.07) is 19.5. The van der Waals surface area contributed by atoms with Gasteiger partial charge in [0.1, 0.15) is 0 Å². The average molecular weight is 360 g/mol. The molecule has 3 aromatic rings.